The lowest BCUT2D eigenvalue weighted by Gasteiger charge is -2.13. The van der Waals surface area contributed by atoms with Crippen LogP contribution in [-0.4, -0.2) is 8.42 Å². The van der Waals surface area contributed by atoms with Crippen molar-refractivity contribution < 1.29 is 8.42 Å². The van der Waals surface area contributed by atoms with Crippen LogP contribution in [0.2, 0.25) is 0 Å². The number of hydrogen-bond donors (Lipinski definition) is 2. The highest BCUT2D eigenvalue weighted by Crippen LogP contribution is 2.23. The van der Waals surface area contributed by atoms with Crippen LogP contribution in [0.5, 0.6) is 0 Å². The molecule has 0 heterocycles. The molecule has 106 valence electrons. The summed E-state index contributed by atoms with van der Waals surface area (Å²) in [6.45, 7) is 4.06. The third kappa shape index (κ3) is 3.00. The molecule has 0 fully saturated rings. The van der Waals surface area contributed by atoms with E-state index >= 15 is 0 Å². The molecule has 0 unspecified atom stereocenters. The molecule has 4 nitrogen and oxygen atoms in total. The first-order chi connectivity index (χ1) is 9.44. The minimum Gasteiger partial charge on any atom is -0.326 e. The van der Waals surface area contributed by atoms with Gasteiger partial charge in [0.15, 0.2) is 0 Å². The highest BCUT2D eigenvalue weighted by atomic mass is 32.2. The summed E-state index contributed by atoms with van der Waals surface area (Å²) < 4.78 is 27.5. The first kappa shape index (κ1) is 14.6. The van der Waals surface area contributed by atoms with Gasteiger partial charge in [-0.2, -0.15) is 0 Å². The van der Waals surface area contributed by atoms with Crippen LogP contribution in [0.25, 0.3) is 0 Å². The van der Waals surface area contributed by atoms with E-state index in [0.29, 0.717) is 12.2 Å². The van der Waals surface area contributed by atoms with Gasteiger partial charge in [0.25, 0.3) is 10.0 Å². The van der Waals surface area contributed by atoms with Crippen LogP contribution in [0.1, 0.15) is 16.7 Å². The number of benzene rings is 2. The lowest BCUT2D eigenvalue weighted by atomic mass is 10.1. The molecule has 0 aliphatic rings. The average molecular weight is 290 g/mol. The van der Waals surface area contributed by atoms with Gasteiger partial charge in [-0.15, -0.1) is 0 Å². The number of hydrogen-bond acceptors (Lipinski definition) is 3. The van der Waals surface area contributed by atoms with Crippen molar-refractivity contribution in [3.05, 3.63) is 59.2 Å². The molecule has 0 atom stereocenters. The standard InChI is InChI=1S/C15H18N2O2S/c1-11-5-3-6-12(2)15(11)17-20(18,19)14-8-4-7-13(9-14)10-16/h3-9,17H,10,16H2,1-2H3. The number of sulfonamides is 1. The molecular formula is C15H18N2O2S. The Morgan fingerprint density at radius 3 is 2.25 bits per heavy atom. The van der Waals surface area contributed by atoms with E-state index in [1.165, 1.54) is 0 Å². The molecule has 2 aromatic carbocycles. The number of rotatable bonds is 4. The minimum absolute atomic E-state index is 0.225. The molecule has 3 N–H and O–H groups in total. The lowest BCUT2D eigenvalue weighted by Crippen LogP contribution is -2.15. The summed E-state index contributed by atoms with van der Waals surface area (Å²) in [4.78, 5) is 0.225. The van der Waals surface area contributed by atoms with E-state index in [1.807, 2.05) is 32.0 Å². The van der Waals surface area contributed by atoms with E-state index in [9.17, 15) is 8.42 Å². The molecule has 0 aliphatic heterocycles. The first-order valence-electron chi connectivity index (χ1n) is 6.32. The Morgan fingerprint density at radius 1 is 1.05 bits per heavy atom. The van der Waals surface area contributed by atoms with Gasteiger partial charge in [0.05, 0.1) is 10.6 Å². The smallest absolute Gasteiger partial charge is 0.261 e. The Bertz CT molecular complexity index is 704. The zero-order valence-corrected chi connectivity index (χ0v) is 12.4. The summed E-state index contributed by atoms with van der Waals surface area (Å²) in [6.07, 6.45) is 0. The summed E-state index contributed by atoms with van der Waals surface area (Å²) in [7, 11) is -3.60. The van der Waals surface area contributed by atoms with Gasteiger partial charge in [-0.05, 0) is 42.7 Å². The van der Waals surface area contributed by atoms with E-state index in [4.69, 9.17) is 5.73 Å². The predicted molar refractivity (Wildman–Crippen MR) is 81.1 cm³/mol. The van der Waals surface area contributed by atoms with E-state index < -0.39 is 10.0 Å². The predicted octanol–water partition coefficient (Wildman–Crippen LogP) is 2.56. The highest BCUT2D eigenvalue weighted by molar-refractivity contribution is 7.92. The van der Waals surface area contributed by atoms with Crippen LogP contribution < -0.4 is 10.5 Å². The Morgan fingerprint density at radius 2 is 1.65 bits per heavy atom. The third-order valence-electron chi connectivity index (χ3n) is 3.16. The topological polar surface area (TPSA) is 72.2 Å². The fourth-order valence-corrected chi connectivity index (χ4v) is 3.28. The molecule has 2 aromatic rings. The van der Waals surface area contributed by atoms with Gasteiger partial charge in [0.1, 0.15) is 0 Å². The van der Waals surface area contributed by atoms with Crippen molar-refractivity contribution in [1.29, 1.82) is 0 Å². The van der Waals surface area contributed by atoms with Crippen LogP contribution in [-0.2, 0) is 16.6 Å². The largest absolute Gasteiger partial charge is 0.326 e. The zero-order chi connectivity index (χ0) is 14.8. The lowest BCUT2D eigenvalue weighted by molar-refractivity contribution is 0.601. The molecular weight excluding hydrogens is 272 g/mol. The van der Waals surface area contributed by atoms with Gasteiger partial charge in [0.2, 0.25) is 0 Å². The Hall–Kier alpha value is -1.85. The Labute approximate surface area is 119 Å². The SMILES string of the molecule is Cc1cccc(C)c1NS(=O)(=O)c1cccc(CN)c1. The van der Waals surface area contributed by atoms with Gasteiger partial charge in [0, 0.05) is 6.54 Å². The van der Waals surface area contributed by atoms with Crippen molar-refractivity contribution in [2.45, 2.75) is 25.3 Å². The van der Waals surface area contributed by atoms with Crippen LogP contribution in [0.15, 0.2) is 47.4 Å². The maximum absolute atomic E-state index is 12.4. The number of nitrogens with two attached hydrogens (primary N) is 1. The van der Waals surface area contributed by atoms with E-state index in [1.54, 1.807) is 24.3 Å². The zero-order valence-electron chi connectivity index (χ0n) is 11.6. The Balaban J connectivity index is 2.41. The van der Waals surface area contributed by atoms with Crippen LogP contribution in [0, 0.1) is 13.8 Å². The molecule has 20 heavy (non-hydrogen) atoms. The second kappa shape index (κ2) is 5.64. The van der Waals surface area contributed by atoms with Gasteiger partial charge in [-0.1, -0.05) is 30.3 Å². The third-order valence-corrected chi connectivity index (χ3v) is 4.51. The number of para-hydroxylation sites is 1. The molecule has 0 radical (unpaired) electrons. The summed E-state index contributed by atoms with van der Waals surface area (Å²) in [5.74, 6) is 0. The number of anilines is 1. The van der Waals surface area contributed by atoms with Crippen LogP contribution in [0.3, 0.4) is 0 Å². The van der Waals surface area contributed by atoms with E-state index in [-0.39, 0.29) is 4.90 Å². The normalized spacial score (nSPS) is 11.3. The van der Waals surface area contributed by atoms with Crippen LogP contribution >= 0.6 is 0 Å². The van der Waals surface area contributed by atoms with Crippen molar-refractivity contribution in [2.75, 3.05) is 4.72 Å². The quantitative estimate of drug-likeness (QED) is 0.909. The summed E-state index contributed by atoms with van der Waals surface area (Å²) in [6, 6.07) is 12.3. The van der Waals surface area contributed by atoms with Crippen molar-refractivity contribution in [3.8, 4) is 0 Å². The molecule has 0 saturated heterocycles. The van der Waals surface area contributed by atoms with Crippen molar-refractivity contribution in [3.63, 3.8) is 0 Å². The molecule has 0 aromatic heterocycles. The monoisotopic (exact) mass is 290 g/mol. The summed E-state index contributed by atoms with van der Waals surface area (Å²) in [5, 5.41) is 0. The highest BCUT2D eigenvalue weighted by Gasteiger charge is 2.16. The summed E-state index contributed by atoms with van der Waals surface area (Å²) >= 11 is 0. The minimum atomic E-state index is -3.60. The van der Waals surface area contributed by atoms with Crippen molar-refractivity contribution in [2.24, 2.45) is 5.73 Å². The van der Waals surface area contributed by atoms with Gasteiger partial charge in [-0.3, -0.25) is 4.72 Å². The van der Waals surface area contributed by atoms with Gasteiger partial charge >= 0.3 is 0 Å². The molecule has 0 amide bonds. The summed E-state index contributed by atoms with van der Waals surface area (Å²) in [5.41, 5.74) is 8.75. The molecule has 0 aliphatic carbocycles. The fraction of sp³-hybridized carbons (Fsp3) is 0.200. The van der Waals surface area contributed by atoms with Crippen molar-refractivity contribution >= 4 is 15.7 Å². The van der Waals surface area contributed by atoms with Crippen molar-refractivity contribution in [1.82, 2.24) is 0 Å². The maximum Gasteiger partial charge on any atom is 0.261 e. The van der Waals surface area contributed by atoms with Crippen LogP contribution in [0.4, 0.5) is 5.69 Å². The molecule has 5 heteroatoms. The average Bonchev–Trinajstić information content (AvgIpc) is 2.43. The molecule has 0 bridgehead atoms. The fourth-order valence-electron chi connectivity index (χ4n) is 2.01. The van der Waals surface area contributed by atoms with E-state index in [2.05, 4.69) is 4.72 Å². The Kier molecular flexibility index (Phi) is 4.11. The molecule has 0 spiro atoms. The molecule has 0 saturated carbocycles. The second-order valence-corrected chi connectivity index (χ2v) is 6.41. The van der Waals surface area contributed by atoms with Gasteiger partial charge < -0.3 is 5.73 Å². The maximum atomic E-state index is 12.4. The second-order valence-electron chi connectivity index (χ2n) is 4.72. The molecule has 2 rings (SSSR count). The first-order valence-corrected chi connectivity index (χ1v) is 7.80. The van der Waals surface area contributed by atoms with Gasteiger partial charge in [-0.25, -0.2) is 8.42 Å². The number of nitrogens with one attached hydrogen (secondary N) is 1. The van der Waals surface area contributed by atoms with E-state index in [0.717, 1.165) is 16.7 Å². The number of aryl methyl sites for hydroxylation is 2.